The van der Waals surface area contributed by atoms with E-state index in [0.717, 1.165) is 11.8 Å². The van der Waals surface area contributed by atoms with Gasteiger partial charge in [0, 0.05) is 30.4 Å². The summed E-state index contributed by atoms with van der Waals surface area (Å²) in [4.78, 5) is 19.4. The van der Waals surface area contributed by atoms with E-state index in [-0.39, 0.29) is 36.1 Å². The Morgan fingerprint density at radius 3 is 2.68 bits per heavy atom. The maximum Gasteiger partial charge on any atom is 0.421 e. The number of fused-ring (bicyclic) bond motifs is 1. The fraction of sp³-hybridized carbons (Fsp3) is 0.227. The number of anilines is 4. The van der Waals surface area contributed by atoms with E-state index in [0.29, 0.717) is 23.1 Å². The zero-order valence-electron chi connectivity index (χ0n) is 17.9. The standard InChI is InChI=1S/C22H20F3N5O3S/c1-34(32,33)16-4-2-3-13(9-16)7-8-26-20-17(22(23,24)25)12-27-21(30-20)28-15-5-6-18-14(10-15)11-19(31)29-18/h2-6,9-10,12H,7-8,11H2,1H3,(H,29,31)(H2,26,27,28,30). The van der Waals surface area contributed by atoms with Gasteiger partial charge in [0.2, 0.25) is 11.9 Å². The lowest BCUT2D eigenvalue weighted by molar-refractivity contribution is -0.137. The lowest BCUT2D eigenvalue weighted by Gasteiger charge is -2.15. The van der Waals surface area contributed by atoms with Gasteiger partial charge in [-0.15, -0.1) is 0 Å². The quantitative estimate of drug-likeness (QED) is 0.461. The zero-order valence-corrected chi connectivity index (χ0v) is 18.7. The van der Waals surface area contributed by atoms with Crippen LogP contribution in [0.25, 0.3) is 0 Å². The number of halogens is 3. The number of hydrogen-bond donors (Lipinski definition) is 3. The molecule has 2 aromatic carbocycles. The smallest absolute Gasteiger partial charge is 0.369 e. The topological polar surface area (TPSA) is 113 Å². The molecule has 1 aromatic heterocycles. The summed E-state index contributed by atoms with van der Waals surface area (Å²) < 4.78 is 63.9. The summed E-state index contributed by atoms with van der Waals surface area (Å²) in [6, 6.07) is 11.3. The molecule has 0 fully saturated rings. The van der Waals surface area contributed by atoms with Gasteiger partial charge in [-0.1, -0.05) is 12.1 Å². The largest absolute Gasteiger partial charge is 0.421 e. The molecule has 2 heterocycles. The summed E-state index contributed by atoms with van der Waals surface area (Å²) in [7, 11) is -3.39. The number of nitrogens with zero attached hydrogens (tertiary/aromatic N) is 2. The number of alkyl halides is 3. The van der Waals surface area contributed by atoms with Crippen molar-refractivity contribution in [3.8, 4) is 0 Å². The van der Waals surface area contributed by atoms with Crippen molar-refractivity contribution in [3.63, 3.8) is 0 Å². The second kappa shape index (κ2) is 8.93. The molecule has 1 aliphatic rings. The van der Waals surface area contributed by atoms with Gasteiger partial charge in [0.05, 0.1) is 11.3 Å². The van der Waals surface area contributed by atoms with Crippen molar-refractivity contribution in [2.24, 2.45) is 0 Å². The molecular weight excluding hydrogens is 471 g/mol. The molecule has 8 nitrogen and oxygen atoms in total. The molecule has 0 saturated carbocycles. The Morgan fingerprint density at radius 1 is 1.15 bits per heavy atom. The molecule has 0 atom stereocenters. The van der Waals surface area contributed by atoms with Crippen LogP contribution in [0.4, 0.5) is 36.3 Å². The minimum Gasteiger partial charge on any atom is -0.369 e. The van der Waals surface area contributed by atoms with Gasteiger partial charge in [0.15, 0.2) is 9.84 Å². The first-order valence-corrected chi connectivity index (χ1v) is 12.0. The van der Waals surface area contributed by atoms with Crippen LogP contribution in [-0.2, 0) is 33.6 Å². The second-order valence-corrected chi connectivity index (χ2v) is 9.79. The Hall–Kier alpha value is -3.67. The molecule has 1 aliphatic heterocycles. The van der Waals surface area contributed by atoms with Crippen LogP contribution in [0.3, 0.4) is 0 Å². The van der Waals surface area contributed by atoms with Crippen LogP contribution >= 0.6 is 0 Å². The summed E-state index contributed by atoms with van der Waals surface area (Å²) in [5.41, 5.74) is 1.60. The van der Waals surface area contributed by atoms with E-state index in [1.807, 2.05) is 0 Å². The molecule has 3 N–H and O–H groups in total. The fourth-order valence-corrected chi connectivity index (χ4v) is 4.17. The first-order valence-electron chi connectivity index (χ1n) is 10.2. The van der Waals surface area contributed by atoms with E-state index >= 15 is 0 Å². The molecular formula is C22H20F3N5O3S. The Kier molecular flexibility index (Phi) is 6.17. The van der Waals surface area contributed by atoms with Gasteiger partial charge in [-0.3, -0.25) is 4.79 Å². The van der Waals surface area contributed by atoms with Crippen LogP contribution in [-0.4, -0.2) is 37.1 Å². The Labute approximate surface area is 193 Å². The van der Waals surface area contributed by atoms with E-state index in [9.17, 15) is 26.4 Å². The summed E-state index contributed by atoms with van der Waals surface area (Å²) in [6.07, 6.45) is -2.40. The monoisotopic (exact) mass is 491 g/mol. The molecule has 178 valence electrons. The highest BCUT2D eigenvalue weighted by atomic mass is 32.2. The molecule has 3 aromatic rings. The van der Waals surface area contributed by atoms with Gasteiger partial charge in [0.1, 0.15) is 11.4 Å². The minimum atomic E-state index is -4.67. The summed E-state index contributed by atoms with van der Waals surface area (Å²) >= 11 is 0. The van der Waals surface area contributed by atoms with E-state index in [4.69, 9.17) is 0 Å². The van der Waals surface area contributed by atoms with Crippen LogP contribution < -0.4 is 16.0 Å². The van der Waals surface area contributed by atoms with E-state index in [2.05, 4.69) is 25.9 Å². The number of aromatic nitrogens is 2. The van der Waals surface area contributed by atoms with E-state index in [1.165, 1.54) is 12.1 Å². The first-order chi connectivity index (χ1) is 16.0. The first kappa shape index (κ1) is 23.5. The average Bonchev–Trinajstić information content (AvgIpc) is 3.12. The molecule has 0 unspecified atom stereocenters. The average molecular weight is 491 g/mol. The van der Waals surface area contributed by atoms with Crippen molar-refractivity contribution in [3.05, 3.63) is 65.4 Å². The minimum absolute atomic E-state index is 0.0493. The molecule has 0 aliphatic carbocycles. The zero-order chi connectivity index (χ0) is 24.5. The van der Waals surface area contributed by atoms with Crippen LogP contribution in [0.5, 0.6) is 0 Å². The molecule has 34 heavy (non-hydrogen) atoms. The third kappa shape index (κ3) is 5.45. The summed E-state index contributed by atoms with van der Waals surface area (Å²) in [5, 5.41) is 8.25. The highest BCUT2D eigenvalue weighted by molar-refractivity contribution is 7.90. The lowest BCUT2D eigenvalue weighted by atomic mass is 10.1. The van der Waals surface area contributed by atoms with Gasteiger partial charge in [0.25, 0.3) is 0 Å². The molecule has 0 bridgehead atoms. The number of nitrogens with one attached hydrogen (secondary N) is 3. The normalized spacial score (nSPS) is 13.4. The van der Waals surface area contributed by atoms with Crippen molar-refractivity contribution in [1.82, 2.24) is 9.97 Å². The number of rotatable bonds is 7. The number of benzene rings is 2. The van der Waals surface area contributed by atoms with E-state index < -0.39 is 27.4 Å². The van der Waals surface area contributed by atoms with Gasteiger partial charge in [-0.05, 0) is 47.9 Å². The SMILES string of the molecule is CS(=O)(=O)c1cccc(CCNc2nc(Nc3ccc4c(c3)CC(=O)N4)ncc2C(F)(F)F)c1. The highest BCUT2D eigenvalue weighted by Crippen LogP contribution is 2.34. The molecule has 12 heteroatoms. The summed E-state index contributed by atoms with van der Waals surface area (Å²) in [6.45, 7) is 0.0827. The number of carbonyl (C=O) groups excluding carboxylic acids is 1. The van der Waals surface area contributed by atoms with Crippen LogP contribution in [0.2, 0.25) is 0 Å². The van der Waals surface area contributed by atoms with Crippen molar-refractivity contribution in [1.29, 1.82) is 0 Å². The highest BCUT2D eigenvalue weighted by Gasteiger charge is 2.35. The Bertz CT molecular complexity index is 1360. The Balaban J connectivity index is 1.51. The number of sulfone groups is 1. The third-order valence-electron chi connectivity index (χ3n) is 5.11. The van der Waals surface area contributed by atoms with Crippen molar-refractivity contribution >= 4 is 38.9 Å². The molecule has 1 amide bonds. The van der Waals surface area contributed by atoms with Crippen LogP contribution in [0.1, 0.15) is 16.7 Å². The van der Waals surface area contributed by atoms with Gasteiger partial charge < -0.3 is 16.0 Å². The van der Waals surface area contributed by atoms with Crippen molar-refractivity contribution < 1.29 is 26.4 Å². The maximum absolute atomic E-state index is 13.5. The summed E-state index contributed by atoms with van der Waals surface area (Å²) in [5.74, 6) is -0.583. The second-order valence-electron chi connectivity index (χ2n) is 7.77. The number of amides is 1. The van der Waals surface area contributed by atoms with Gasteiger partial charge in [-0.2, -0.15) is 18.2 Å². The van der Waals surface area contributed by atoms with Gasteiger partial charge in [-0.25, -0.2) is 13.4 Å². The predicted molar refractivity (Wildman–Crippen MR) is 121 cm³/mol. The number of carbonyl (C=O) groups is 1. The van der Waals surface area contributed by atoms with Crippen molar-refractivity contribution in [2.75, 3.05) is 28.8 Å². The number of hydrogen-bond acceptors (Lipinski definition) is 7. The molecule has 0 radical (unpaired) electrons. The van der Waals surface area contributed by atoms with Crippen LogP contribution in [0, 0.1) is 0 Å². The molecule has 0 spiro atoms. The van der Waals surface area contributed by atoms with Gasteiger partial charge >= 0.3 is 6.18 Å². The maximum atomic E-state index is 13.5. The van der Waals surface area contributed by atoms with Crippen LogP contribution in [0.15, 0.2) is 53.6 Å². The Morgan fingerprint density at radius 2 is 1.94 bits per heavy atom. The molecule has 0 saturated heterocycles. The third-order valence-corrected chi connectivity index (χ3v) is 6.22. The van der Waals surface area contributed by atoms with Crippen molar-refractivity contribution in [2.45, 2.75) is 23.9 Å². The predicted octanol–water partition coefficient (Wildman–Crippen LogP) is 3.79. The van der Waals surface area contributed by atoms with E-state index in [1.54, 1.807) is 30.3 Å². The molecule has 4 rings (SSSR count). The fourth-order valence-electron chi connectivity index (χ4n) is 3.48. The lowest BCUT2D eigenvalue weighted by Crippen LogP contribution is -2.16.